The number of anilines is 1. The highest BCUT2D eigenvalue weighted by molar-refractivity contribution is 6.29. The number of hydrogen-bond donors (Lipinski definition) is 1. The van der Waals surface area contributed by atoms with Crippen LogP contribution < -0.4 is 5.32 Å². The van der Waals surface area contributed by atoms with E-state index in [4.69, 9.17) is 11.6 Å². The lowest BCUT2D eigenvalue weighted by molar-refractivity contribution is 0.445. The molecule has 0 spiro atoms. The lowest BCUT2D eigenvalue weighted by Gasteiger charge is -2.07. The van der Waals surface area contributed by atoms with E-state index in [0.717, 1.165) is 12.1 Å². The minimum Gasteiger partial charge on any atom is -0.381 e. The molecular formula is C12H8ClF3N2. The second-order valence-corrected chi connectivity index (χ2v) is 3.98. The largest absolute Gasteiger partial charge is 0.381 e. The Kier molecular flexibility index (Phi) is 3.72. The number of nitrogens with one attached hydrogen (secondary N) is 1. The van der Waals surface area contributed by atoms with E-state index < -0.39 is 17.5 Å². The Morgan fingerprint density at radius 1 is 1.11 bits per heavy atom. The molecule has 1 aromatic heterocycles. The number of benzene rings is 1. The van der Waals surface area contributed by atoms with Crippen LogP contribution in [0.15, 0.2) is 30.5 Å². The van der Waals surface area contributed by atoms with Crippen LogP contribution in [0.1, 0.15) is 5.56 Å². The van der Waals surface area contributed by atoms with Crippen molar-refractivity contribution in [2.75, 3.05) is 5.32 Å². The topological polar surface area (TPSA) is 24.9 Å². The third kappa shape index (κ3) is 2.92. The SMILES string of the molecule is Fc1cc(CNc2ccnc(Cl)c2)cc(F)c1F. The molecule has 0 radical (unpaired) electrons. The zero-order chi connectivity index (χ0) is 13.1. The maximum atomic E-state index is 13.0. The van der Waals surface area contributed by atoms with Crippen LogP contribution in [0.2, 0.25) is 5.15 Å². The van der Waals surface area contributed by atoms with Crippen LogP contribution in [0.3, 0.4) is 0 Å². The second kappa shape index (κ2) is 5.27. The van der Waals surface area contributed by atoms with Crippen LogP contribution in [0.4, 0.5) is 18.9 Å². The standard InChI is InChI=1S/C12H8ClF3N2/c13-11-5-8(1-2-17-11)18-6-7-3-9(14)12(16)10(15)4-7/h1-5H,6H2,(H,17,18). The fraction of sp³-hybridized carbons (Fsp3) is 0.0833. The van der Waals surface area contributed by atoms with Gasteiger partial charge in [-0.25, -0.2) is 18.2 Å². The lowest BCUT2D eigenvalue weighted by Crippen LogP contribution is -2.02. The molecule has 1 N–H and O–H groups in total. The van der Waals surface area contributed by atoms with E-state index in [9.17, 15) is 13.2 Å². The van der Waals surface area contributed by atoms with Gasteiger partial charge in [-0.1, -0.05) is 11.6 Å². The first-order valence-electron chi connectivity index (χ1n) is 5.05. The van der Waals surface area contributed by atoms with Crippen molar-refractivity contribution in [2.24, 2.45) is 0 Å². The summed E-state index contributed by atoms with van der Waals surface area (Å²) >= 11 is 5.68. The smallest absolute Gasteiger partial charge is 0.194 e. The molecule has 1 heterocycles. The van der Waals surface area contributed by atoms with Crippen molar-refractivity contribution in [3.05, 3.63) is 58.6 Å². The van der Waals surface area contributed by atoms with E-state index in [0.29, 0.717) is 16.4 Å². The van der Waals surface area contributed by atoms with E-state index in [1.807, 2.05) is 0 Å². The molecule has 0 fully saturated rings. The molecule has 0 bridgehead atoms. The van der Waals surface area contributed by atoms with E-state index >= 15 is 0 Å². The molecule has 2 rings (SSSR count). The fourth-order valence-corrected chi connectivity index (χ4v) is 1.60. The molecule has 2 aromatic rings. The maximum absolute atomic E-state index is 13.0. The molecule has 0 saturated heterocycles. The Balaban J connectivity index is 2.11. The number of halogens is 4. The normalized spacial score (nSPS) is 10.4. The zero-order valence-electron chi connectivity index (χ0n) is 9.05. The predicted molar refractivity (Wildman–Crippen MR) is 62.9 cm³/mol. The third-order valence-corrected chi connectivity index (χ3v) is 2.47. The highest BCUT2D eigenvalue weighted by Crippen LogP contribution is 2.16. The first kappa shape index (κ1) is 12.7. The van der Waals surface area contributed by atoms with Gasteiger partial charge in [0.15, 0.2) is 17.5 Å². The van der Waals surface area contributed by atoms with E-state index in [-0.39, 0.29) is 6.54 Å². The fourth-order valence-electron chi connectivity index (χ4n) is 1.43. The monoisotopic (exact) mass is 272 g/mol. The van der Waals surface area contributed by atoms with Crippen molar-refractivity contribution in [3.63, 3.8) is 0 Å². The van der Waals surface area contributed by atoms with Crippen molar-refractivity contribution in [2.45, 2.75) is 6.54 Å². The molecule has 18 heavy (non-hydrogen) atoms. The summed E-state index contributed by atoms with van der Waals surface area (Å²) in [6.07, 6.45) is 1.50. The summed E-state index contributed by atoms with van der Waals surface area (Å²) in [5.74, 6) is -3.88. The molecule has 0 aliphatic carbocycles. The molecule has 0 aliphatic heterocycles. The maximum Gasteiger partial charge on any atom is 0.194 e. The molecule has 0 unspecified atom stereocenters. The van der Waals surface area contributed by atoms with Gasteiger partial charge in [-0.2, -0.15) is 0 Å². The summed E-state index contributed by atoms with van der Waals surface area (Å²) in [7, 11) is 0. The van der Waals surface area contributed by atoms with Gasteiger partial charge in [0.1, 0.15) is 5.15 Å². The number of pyridine rings is 1. The van der Waals surface area contributed by atoms with E-state index in [1.165, 1.54) is 6.20 Å². The molecular weight excluding hydrogens is 265 g/mol. The summed E-state index contributed by atoms with van der Waals surface area (Å²) in [6, 6.07) is 5.10. The van der Waals surface area contributed by atoms with Crippen molar-refractivity contribution in [1.82, 2.24) is 4.98 Å². The average Bonchev–Trinajstić information content (AvgIpc) is 2.33. The van der Waals surface area contributed by atoms with Gasteiger partial charge < -0.3 is 5.32 Å². The van der Waals surface area contributed by atoms with Gasteiger partial charge in [-0.15, -0.1) is 0 Å². The molecule has 2 nitrogen and oxygen atoms in total. The first-order valence-corrected chi connectivity index (χ1v) is 5.43. The van der Waals surface area contributed by atoms with Crippen molar-refractivity contribution >= 4 is 17.3 Å². The second-order valence-electron chi connectivity index (χ2n) is 3.59. The van der Waals surface area contributed by atoms with Crippen LogP contribution in [0, 0.1) is 17.5 Å². The molecule has 0 saturated carbocycles. The molecule has 0 atom stereocenters. The number of hydrogen-bond acceptors (Lipinski definition) is 2. The zero-order valence-corrected chi connectivity index (χ0v) is 9.81. The number of nitrogens with zero attached hydrogens (tertiary/aromatic N) is 1. The Bertz CT molecular complexity index is 552. The highest BCUT2D eigenvalue weighted by atomic mass is 35.5. The summed E-state index contributed by atoms with van der Waals surface area (Å²) in [5.41, 5.74) is 0.944. The van der Waals surface area contributed by atoms with E-state index in [1.54, 1.807) is 12.1 Å². The minimum atomic E-state index is -1.47. The Labute approximate surface area is 106 Å². The van der Waals surface area contributed by atoms with E-state index in [2.05, 4.69) is 10.3 Å². The molecule has 0 aliphatic rings. The summed E-state index contributed by atoms with van der Waals surface area (Å²) in [5, 5.41) is 3.20. The average molecular weight is 273 g/mol. The van der Waals surface area contributed by atoms with Crippen molar-refractivity contribution in [3.8, 4) is 0 Å². The Hall–Kier alpha value is -1.75. The third-order valence-electron chi connectivity index (χ3n) is 2.27. The van der Waals surface area contributed by atoms with Gasteiger partial charge in [0.05, 0.1) is 0 Å². The summed E-state index contributed by atoms with van der Waals surface area (Å²) < 4.78 is 38.6. The summed E-state index contributed by atoms with van der Waals surface area (Å²) in [4.78, 5) is 3.79. The van der Waals surface area contributed by atoms with Crippen molar-refractivity contribution in [1.29, 1.82) is 0 Å². The van der Waals surface area contributed by atoms with Gasteiger partial charge in [0, 0.05) is 18.4 Å². The van der Waals surface area contributed by atoms with Gasteiger partial charge in [0.25, 0.3) is 0 Å². The van der Waals surface area contributed by atoms with Gasteiger partial charge in [-0.3, -0.25) is 0 Å². The Morgan fingerprint density at radius 3 is 2.39 bits per heavy atom. The van der Waals surface area contributed by atoms with Crippen LogP contribution in [-0.2, 0) is 6.54 Å². The number of rotatable bonds is 3. The highest BCUT2D eigenvalue weighted by Gasteiger charge is 2.10. The number of aromatic nitrogens is 1. The van der Waals surface area contributed by atoms with Crippen molar-refractivity contribution < 1.29 is 13.2 Å². The summed E-state index contributed by atoms with van der Waals surface area (Å²) in [6.45, 7) is 0.147. The van der Waals surface area contributed by atoms with Crippen LogP contribution in [0.5, 0.6) is 0 Å². The molecule has 0 amide bonds. The first-order chi connectivity index (χ1) is 8.56. The van der Waals surface area contributed by atoms with Crippen LogP contribution in [-0.4, -0.2) is 4.98 Å². The lowest BCUT2D eigenvalue weighted by atomic mass is 10.2. The van der Waals surface area contributed by atoms with Gasteiger partial charge in [0.2, 0.25) is 0 Å². The predicted octanol–water partition coefficient (Wildman–Crippen LogP) is 3.76. The van der Waals surface area contributed by atoms with Gasteiger partial charge >= 0.3 is 0 Å². The Morgan fingerprint density at radius 2 is 1.78 bits per heavy atom. The molecule has 6 heteroatoms. The quantitative estimate of drug-likeness (QED) is 0.680. The minimum absolute atomic E-state index is 0.147. The van der Waals surface area contributed by atoms with Crippen LogP contribution >= 0.6 is 11.6 Å². The van der Waals surface area contributed by atoms with Gasteiger partial charge in [-0.05, 0) is 29.8 Å². The molecule has 1 aromatic carbocycles. The van der Waals surface area contributed by atoms with Crippen LogP contribution in [0.25, 0.3) is 0 Å². The molecule has 94 valence electrons.